The molecule has 2 heterocycles. The van der Waals surface area contributed by atoms with Crippen LogP contribution in [0.3, 0.4) is 0 Å². The number of carboxylic acids is 1. The third-order valence-electron chi connectivity index (χ3n) is 3.87. The summed E-state index contributed by atoms with van der Waals surface area (Å²) in [6.45, 7) is 1.16. The Kier molecular flexibility index (Phi) is 4.16. The molecule has 0 radical (unpaired) electrons. The van der Waals surface area contributed by atoms with Gasteiger partial charge in [0.15, 0.2) is 6.10 Å². The van der Waals surface area contributed by atoms with Crippen molar-refractivity contribution in [1.82, 2.24) is 5.32 Å². The maximum atomic E-state index is 12.2. The first-order chi connectivity index (χ1) is 11.0. The van der Waals surface area contributed by atoms with Crippen LogP contribution in [0, 0.1) is 0 Å². The Morgan fingerprint density at radius 2 is 2.09 bits per heavy atom. The number of nitrogens with zero attached hydrogens (tertiary/aromatic N) is 1. The van der Waals surface area contributed by atoms with E-state index in [-0.39, 0.29) is 11.9 Å². The van der Waals surface area contributed by atoms with E-state index in [1.807, 2.05) is 0 Å². The van der Waals surface area contributed by atoms with Crippen molar-refractivity contribution in [2.45, 2.75) is 25.0 Å². The van der Waals surface area contributed by atoms with E-state index in [0.717, 1.165) is 0 Å². The number of urea groups is 1. The second-order valence-corrected chi connectivity index (χ2v) is 5.45. The Balaban J connectivity index is 1.65. The Morgan fingerprint density at radius 3 is 2.74 bits per heavy atom. The predicted octanol–water partition coefficient (Wildman–Crippen LogP) is 0.787. The van der Waals surface area contributed by atoms with Crippen molar-refractivity contribution < 1.29 is 24.2 Å². The molecule has 0 bridgehead atoms. The van der Waals surface area contributed by atoms with Crippen LogP contribution in [0.25, 0.3) is 0 Å². The van der Waals surface area contributed by atoms with Crippen molar-refractivity contribution in [2.24, 2.45) is 0 Å². The van der Waals surface area contributed by atoms with Crippen LogP contribution in [-0.4, -0.2) is 48.3 Å². The number of amides is 3. The van der Waals surface area contributed by atoms with E-state index in [4.69, 9.17) is 9.84 Å². The minimum Gasteiger partial charge on any atom is -0.479 e. The lowest BCUT2D eigenvalue weighted by atomic mass is 10.2. The van der Waals surface area contributed by atoms with Gasteiger partial charge in [-0.3, -0.25) is 9.69 Å². The van der Waals surface area contributed by atoms with Crippen molar-refractivity contribution in [1.29, 1.82) is 0 Å². The molecule has 2 atom stereocenters. The molecule has 0 spiro atoms. The van der Waals surface area contributed by atoms with Crippen molar-refractivity contribution in [3.05, 3.63) is 24.3 Å². The van der Waals surface area contributed by atoms with Crippen molar-refractivity contribution in [3.63, 3.8) is 0 Å². The maximum Gasteiger partial charge on any atom is 0.332 e. The van der Waals surface area contributed by atoms with Gasteiger partial charge in [0.05, 0.1) is 0 Å². The monoisotopic (exact) mass is 319 g/mol. The highest BCUT2D eigenvalue weighted by molar-refractivity contribution is 5.97. The normalized spacial score (nSPS) is 23.7. The molecule has 2 saturated heterocycles. The number of carbonyl (C=O) groups is 3. The number of nitrogens with one attached hydrogen (secondary N) is 2. The first kappa shape index (κ1) is 15.3. The van der Waals surface area contributed by atoms with Gasteiger partial charge in [0.2, 0.25) is 0 Å². The SMILES string of the molecule is O=C(Nc1cccc(N2CCNC2=O)c1)[C@@H]1CC[C@H](C(=O)O)O1. The lowest BCUT2D eigenvalue weighted by Gasteiger charge is -2.16. The molecule has 3 amide bonds. The summed E-state index contributed by atoms with van der Waals surface area (Å²) >= 11 is 0. The van der Waals surface area contributed by atoms with E-state index in [2.05, 4.69) is 10.6 Å². The van der Waals surface area contributed by atoms with Gasteiger partial charge in [-0.2, -0.15) is 0 Å². The summed E-state index contributed by atoms with van der Waals surface area (Å²) in [5, 5.41) is 14.3. The lowest BCUT2D eigenvalue weighted by Crippen LogP contribution is -2.30. The summed E-state index contributed by atoms with van der Waals surface area (Å²) in [6, 6.07) is 6.77. The molecule has 122 valence electrons. The van der Waals surface area contributed by atoms with Crippen LogP contribution in [0.1, 0.15) is 12.8 Å². The summed E-state index contributed by atoms with van der Waals surface area (Å²) in [7, 11) is 0. The molecule has 3 N–H and O–H groups in total. The van der Waals surface area contributed by atoms with Crippen LogP contribution >= 0.6 is 0 Å². The number of benzene rings is 1. The standard InChI is InChI=1S/C15H17N3O5/c19-13(11-4-5-12(23-11)14(20)21)17-9-2-1-3-10(8-9)18-7-6-16-15(18)22/h1-3,8,11-12H,4-7H2,(H,16,22)(H,17,19)(H,20,21)/t11-,12+/m0/s1. The van der Waals surface area contributed by atoms with E-state index in [0.29, 0.717) is 37.3 Å². The van der Waals surface area contributed by atoms with Crippen LogP contribution in [-0.2, 0) is 14.3 Å². The van der Waals surface area contributed by atoms with Gasteiger partial charge in [-0.1, -0.05) is 6.07 Å². The number of rotatable bonds is 4. The van der Waals surface area contributed by atoms with Gasteiger partial charge in [-0.05, 0) is 31.0 Å². The van der Waals surface area contributed by atoms with E-state index < -0.39 is 18.2 Å². The molecule has 23 heavy (non-hydrogen) atoms. The zero-order valence-electron chi connectivity index (χ0n) is 12.3. The Bertz CT molecular complexity index is 648. The molecule has 1 aromatic carbocycles. The molecule has 0 unspecified atom stereocenters. The fraction of sp³-hybridized carbons (Fsp3) is 0.400. The number of ether oxygens (including phenoxy) is 1. The van der Waals surface area contributed by atoms with Gasteiger partial charge in [0.1, 0.15) is 6.10 Å². The topological polar surface area (TPSA) is 108 Å². The second kappa shape index (κ2) is 6.25. The smallest absolute Gasteiger partial charge is 0.332 e. The third kappa shape index (κ3) is 3.26. The Morgan fingerprint density at radius 1 is 1.30 bits per heavy atom. The van der Waals surface area contributed by atoms with Crippen LogP contribution in [0.5, 0.6) is 0 Å². The summed E-state index contributed by atoms with van der Waals surface area (Å²) in [5.41, 5.74) is 1.23. The van der Waals surface area contributed by atoms with Crippen LogP contribution in [0.2, 0.25) is 0 Å². The molecule has 8 nitrogen and oxygen atoms in total. The third-order valence-corrected chi connectivity index (χ3v) is 3.87. The van der Waals surface area contributed by atoms with Crippen molar-refractivity contribution in [2.75, 3.05) is 23.3 Å². The van der Waals surface area contributed by atoms with Gasteiger partial charge in [0, 0.05) is 24.5 Å². The largest absolute Gasteiger partial charge is 0.479 e. The van der Waals surface area contributed by atoms with Crippen LogP contribution in [0.4, 0.5) is 16.2 Å². The number of aliphatic carboxylic acids is 1. The lowest BCUT2D eigenvalue weighted by molar-refractivity contribution is -0.150. The summed E-state index contributed by atoms with van der Waals surface area (Å²) < 4.78 is 5.22. The minimum absolute atomic E-state index is 0.170. The Hall–Kier alpha value is -2.61. The molecule has 0 aromatic heterocycles. The number of anilines is 2. The fourth-order valence-electron chi connectivity index (χ4n) is 2.70. The highest BCUT2D eigenvalue weighted by Gasteiger charge is 2.34. The van der Waals surface area contributed by atoms with E-state index in [1.54, 1.807) is 29.2 Å². The van der Waals surface area contributed by atoms with Crippen molar-refractivity contribution >= 4 is 29.3 Å². The van der Waals surface area contributed by atoms with Crippen molar-refractivity contribution in [3.8, 4) is 0 Å². The zero-order chi connectivity index (χ0) is 16.4. The summed E-state index contributed by atoms with van der Waals surface area (Å²) in [5.74, 6) is -1.43. The molecular formula is C15H17N3O5. The number of hydrogen-bond acceptors (Lipinski definition) is 4. The molecule has 2 aliphatic heterocycles. The van der Waals surface area contributed by atoms with Gasteiger partial charge in [0.25, 0.3) is 5.91 Å². The molecule has 1 aromatic rings. The molecule has 2 fully saturated rings. The number of carbonyl (C=O) groups excluding carboxylic acids is 2. The highest BCUT2D eigenvalue weighted by atomic mass is 16.5. The van der Waals surface area contributed by atoms with Gasteiger partial charge in [-0.25, -0.2) is 9.59 Å². The average molecular weight is 319 g/mol. The quantitative estimate of drug-likeness (QED) is 0.760. The maximum absolute atomic E-state index is 12.2. The van der Waals surface area contributed by atoms with Gasteiger partial charge < -0.3 is 20.5 Å². The molecule has 2 aliphatic rings. The average Bonchev–Trinajstić information content (AvgIpc) is 3.16. The zero-order valence-corrected chi connectivity index (χ0v) is 12.3. The van der Waals surface area contributed by atoms with Crippen LogP contribution < -0.4 is 15.5 Å². The minimum atomic E-state index is -1.05. The van der Waals surface area contributed by atoms with E-state index in [1.165, 1.54) is 0 Å². The molecule has 3 rings (SSSR count). The summed E-state index contributed by atoms with van der Waals surface area (Å²) in [6.07, 6.45) is -1.00. The van der Waals surface area contributed by atoms with E-state index >= 15 is 0 Å². The number of hydrogen-bond donors (Lipinski definition) is 3. The Labute approximate surface area is 132 Å². The molecule has 8 heteroatoms. The van der Waals surface area contributed by atoms with Gasteiger partial charge in [-0.15, -0.1) is 0 Å². The molecule has 0 aliphatic carbocycles. The second-order valence-electron chi connectivity index (χ2n) is 5.45. The van der Waals surface area contributed by atoms with E-state index in [9.17, 15) is 14.4 Å². The highest BCUT2D eigenvalue weighted by Crippen LogP contribution is 2.24. The fourth-order valence-corrected chi connectivity index (χ4v) is 2.70. The first-order valence-corrected chi connectivity index (χ1v) is 7.39. The predicted molar refractivity (Wildman–Crippen MR) is 81.3 cm³/mol. The number of carboxylic acid groups (broad SMARTS) is 1. The molecular weight excluding hydrogens is 302 g/mol. The van der Waals surface area contributed by atoms with Crippen LogP contribution in [0.15, 0.2) is 24.3 Å². The van der Waals surface area contributed by atoms with Gasteiger partial charge >= 0.3 is 12.0 Å². The molecule has 0 saturated carbocycles. The first-order valence-electron chi connectivity index (χ1n) is 7.39. The summed E-state index contributed by atoms with van der Waals surface area (Å²) in [4.78, 5) is 36.3.